The van der Waals surface area contributed by atoms with Crippen molar-refractivity contribution in [2.24, 2.45) is 0 Å². The number of sulfonamides is 1. The lowest BCUT2D eigenvalue weighted by atomic mass is 10.1. The molecule has 0 aliphatic rings. The van der Waals surface area contributed by atoms with Gasteiger partial charge < -0.3 is 5.32 Å². The van der Waals surface area contributed by atoms with Crippen LogP contribution in [0.2, 0.25) is 0 Å². The van der Waals surface area contributed by atoms with Gasteiger partial charge in [-0.3, -0.25) is 19.2 Å². The van der Waals surface area contributed by atoms with E-state index in [2.05, 4.69) is 5.32 Å². The molecule has 0 aliphatic heterocycles. The Kier molecular flexibility index (Phi) is 7.97. The molecule has 0 heterocycles. The van der Waals surface area contributed by atoms with Crippen LogP contribution in [-0.2, 0) is 24.7 Å². The molecule has 2 aromatic rings. The van der Waals surface area contributed by atoms with Gasteiger partial charge in [0, 0.05) is 31.4 Å². The molecule has 0 aliphatic carbocycles. The van der Waals surface area contributed by atoms with Gasteiger partial charge in [0.1, 0.15) is 0 Å². The van der Waals surface area contributed by atoms with Gasteiger partial charge in [0.25, 0.3) is 5.69 Å². The number of hydrogen-bond donors (Lipinski definition) is 1. The van der Waals surface area contributed by atoms with E-state index in [1.54, 1.807) is 19.1 Å². The average Bonchev–Trinajstić information content (AvgIpc) is 2.69. The summed E-state index contributed by atoms with van der Waals surface area (Å²) in [4.78, 5) is 22.8. The summed E-state index contributed by atoms with van der Waals surface area (Å²) in [5, 5.41) is 13.8. The molecule has 32 heavy (non-hydrogen) atoms. The third-order valence-electron chi connectivity index (χ3n) is 4.68. The van der Waals surface area contributed by atoms with Crippen LogP contribution in [0.4, 0.5) is 11.4 Å². The fraction of sp³-hybridized carbons (Fsp3) is 0.350. The van der Waals surface area contributed by atoms with E-state index < -0.39 is 24.8 Å². The second kappa shape index (κ2) is 10.1. The van der Waals surface area contributed by atoms with Crippen LogP contribution in [-0.4, -0.2) is 46.7 Å². The minimum Gasteiger partial charge on any atom is -0.350 e. The zero-order chi connectivity index (χ0) is 24.1. The average molecular weight is 484 g/mol. The molecule has 2 aromatic carbocycles. The first-order chi connectivity index (χ1) is 14.8. The summed E-state index contributed by atoms with van der Waals surface area (Å²) in [5.41, 5.74) is 0.645. The van der Waals surface area contributed by atoms with Crippen LogP contribution in [0.15, 0.2) is 53.4 Å². The van der Waals surface area contributed by atoms with Gasteiger partial charge in [-0.15, -0.1) is 0 Å². The Morgan fingerprint density at radius 2 is 1.72 bits per heavy atom. The molecular formula is C20H25N3O7S2. The lowest BCUT2D eigenvalue weighted by Gasteiger charge is -2.22. The highest BCUT2D eigenvalue weighted by Gasteiger charge is 2.20. The van der Waals surface area contributed by atoms with Gasteiger partial charge in [0.2, 0.25) is 15.9 Å². The number of rotatable bonds is 10. The third-order valence-corrected chi connectivity index (χ3v) is 7.00. The van der Waals surface area contributed by atoms with Crippen molar-refractivity contribution in [3.63, 3.8) is 0 Å². The Labute approximate surface area is 187 Å². The fourth-order valence-corrected chi connectivity index (χ4v) is 4.62. The molecule has 174 valence electrons. The molecule has 0 unspecified atom stereocenters. The number of nitrogens with zero attached hydrogens (tertiary/aromatic N) is 2. The Morgan fingerprint density at radius 1 is 1.09 bits per heavy atom. The second-order valence-electron chi connectivity index (χ2n) is 7.35. The molecule has 1 atom stereocenters. The van der Waals surface area contributed by atoms with Gasteiger partial charge >= 0.3 is 0 Å². The van der Waals surface area contributed by atoms with Crippen molar-refractivity contribution in [1.29, 1.82) is 0 Å². The summed E-state index contributed by atoms with van der Waals surface area (Å²) < 4.78 is 48.4. The largest absolute Gasteiger partial charge is 0.350 e. The van der Waals surface area contributed by atoms with E-state index in [0.29, 0.717) is 0 Å². The first-order valence-electron chi connectivity index (χ1n) is 9.60. The highest BCUT2D eigenvalue weighted by Crippen LogP contribution is 2.23. The number of benzene rings is 2. The van der Waals surface area contributed by atoms with Crippen molar-refractivity contribution in [2.75, 3.05) is 23.4 Å². The number of hydrogen-bond acceptors (Lipinski definition) is 7. The summed E-state index contributed by atoms with van der Waals surface area (Å²) in [7, 11) is -7.02. The maximum absolute atomic E-state index is 12.3. The topological polar surface area (TPSA) is 144 Å². The monoisotopic (exact) mass is 483 g/mol. The van der Waals surface area contributed by atoms with Crippen molar-refractivity contribution >= 4 is 37.1 Å². The molecule has 1 N–H and O–H groups in total. The van der Waals surface area contributed by atoms with Crippen LogP contribution in [0.25, 0.3) is 0 Å². The van der Waals surface area contributed by atoms with Gasteiger partial charge in [-0.25, -0.2) is 16.8 Å². The Balaban J connectivity index is 1.99. The van der Waals surface area contributed by atoms with E-state index in [4.69, 9.17) is 0 Å². The highest BCUT2D eigenvalue weighted by molar-refractivity contribution is 7.92. The molecule has 0 spiro atoms. The Hall–Kier alpha value is -2.99. The minimum absolute atomic E-state index is 0.0230. The van der Waals surface area contributed by atoms with Gasteiger partial charge in [-0.1, -0.05) is 18.2 Å². The van der Waals surface area contributed by atoms with Crippen LogP contribution in [0.5, 0.6) is 0 Å². The number of nitrogens with one attached hydrogen (secondary N) is 1. The number of amides is 1. The van der Waals surface area contributed by atoms with E-state index in [1.807, 2.05) is 0 Å². The van der Waals surface area contributed by atoms with Gasteiger partial charge in [-0.05, 0) is 37.1 Å². The summed E-state index contributed by atoms with van der Waals surface area (Å²) >= 11 is 0. The zero-order valence-corrected chi connectivity index (χ0v) is 19.5. The molecule has 0 radical (unpaired) electrons. The lowest BCUT2D eigenvalue weighted by Crippen LogP contribution is -2.32. The van der Waals surface area contributed by atoms with E-state index in [9.17, 15) is 31.7 Å². The van der Waals surface area contributed by atoms with Crippen LogP contribution in [0, 0.1) is 10.1 Å². The van der Waals surface area contributed by atoms with Crippen molar-refractivity contribution in [3.8, 4) is 0 Å². The number of anilines is 1. The molecule has 0 fully saturated rings. The second-order valence-corrected chi connectivity index (χ2v) is 11.3. The SMILES string of the molecule is C[C@H](NC(=O)CCCN(c1cccc([N+](=O)[O-])c1)S(C)(=O)=O)c1ccc(S(C)(=O)=O)cc1. The van der Waals surface area contributed by atoms with E-state index in [-0.39, 0.29) is 47.6 Å². The number of nitro benzene ring substituents is 1. The quantitative estimate of drug-likeness (QED) is 0.404. The molecular weight excluding hydrogens is 458 g/mol. The molecule has 2 rings (SSSR count). The van der Waals surface area contributed by atoms with Gasteiger partial charge in [0.05, 0.1) is 27.8 Å². The summed E-state index contributed by atoms with van der Waals surface area (Å²) in [6, 6.07) is 11.1. The predicted molar refractivity (Wildman–Crippen MR) is 121 cm³/mol. The number of non-ortho nitro benzene ring substituents is 1. The van der Waals surface area contributed by atoms with Crippen LogP contribution in [0.1, 0.15) is 31.4 Å². The van der Waals surface area contributed by atoms with Crippen molar-refractivity contribution in [1.82, 2.24) is 5.32 Å². The predicted octanol–water partition coefficient (Wildman–Crippen LogP) is 2.42. The smallest absolute Gasteiger partial charge is 0.271 e. The maximum Gasteiger partial charge on any atom is 0.271 e. The highest BCUT2D eigenvalue weighted by atomic mass is 32.2. The number of nitro groups is 1. The standard InChI is InChI=1S/C20H25N3O7S2/c1-15(16-9-11-19(12-10-16)31(2,27)28)21-20(24)8-5-13-22(32(3,29)30)17-6-4-7-18(14-17)23(25)26/h4,6-7,9-12,14-15H,5,8,13H2,1-3H3,(H,21,24)/t15-/m0/s1. The van der Waals surface area contributed by atoms with Crippen molar-refractivity contribution < 1.29 is 26.6 Å². The van der Waals surface area contributed by atoms with Crippen molar-refractivity contribution in [2.45, 2.75) is 30.7 Å². The Bertz CT molecular complexity index is 1190. The zero-order valence-electron chi connectivity index (χ0n) is 17.9. The van der Waals surface area contributed by atoms with Gasteiger partial charge in [-0.2, -0.15) is 0 Å². The van der Waals surface area contributed by atoms with Crippen LogP contribution in [0.3, 0.4) is 0 Å². The molecule has 0 saturated heterocycles. The number of carbonyl (C=O) groups is 1. The molecule has 1 amide bonds. The van der Waals surface area contributed by atoms with E-state index in [0.717, 1.165) is 22.4 Å². The van der Waals surface area contributed by atoms with Crippen molar-refractivity contribution in [3.05, 3.63) is 64.2 Å². The first-order valence-corrected chi connectivity index (χ1v) is 13.3. The molecule has 0 bridgehead atoms. The molecule has 10 nitrogen and oxygen atoms in total. The van der Waals surface area contributed by atoms with E-state index >= 15 is 0 Å². The summed E-state index contributed by atoms with van der Waals surface area (Å²) in [6.45, 7) is 1.73. The molecule has 0 saturated carbocycles. The normalized spacial score (nSPS) is 12.7. The number of sulfone groups is 1. The lowest BCUT2D eigenvalue weighted by molar-refractivity contribution is -0.384. The van der Waals surface area contributed by atoms with Crippen LogP contribution < -0.4 is 9.62 Å². The first kappa shape index (κ1) is 25.3. The third kappa shape index (κ3) is 7.02. The molecule has 0 aromatic heterocycles. The van der Waals surface area contributed by atoms with Gasteiger partial charge in [0.15, 0.2) is 9.84 Å². The Morgan fingerprint density at radius 3 is 2.25 bits per heavy atom. The van der Waals surface area contributed by atoms with Crippen LogP contribution >= 0.6 is 0 Å². The minimum atomic E-state index is -3.71. The number of carbonyl (C=O) groups excluding carboxylic acids is 1. The summed E-state index contributed by atoms with van der Waals surface area (Å²) in [5.74, 6) is -0.308. The fourth-order valence-electron chi connectivity index (χ4n) is 3.03. The summed E-state index contributed by atoms with van der Waals surface area (Å²) in [6.07, 6.45) is 2.34. The maximum atomic E-state index is 12.3. The van der Waals surface area contributed by atoms with E-state index in [1.165, 1.54) is 36.4 Å². The molecule has 12 heteroatoms.